The van der Waals surface area contributed by atoms with Crippen molar-refractivity contribution in [1.82, 2.24) is 15.5 Å². The summed E-state index contributed by atoms with van der Waals surface area (Å²) >= 11 is 0. The molecule has 0 amide bonds. The van der Waals surface area contributed by atoms with Crippen molar-refractivity contribution in [2.24, 2.45) is 11.8 Å². The monoisotopic (exact) mass is 329 g/mol. The number of H-pyrrole nitrogens is 1. The van der Waals surface area contributed by atoms with Crippen LogP contribution in [-0.2, 0) is 6.54 Å². The molecule has 0 spiro atoms. The van der Waals surface area contributed by atoms with Gasteiger partial charge in [0.25, 0.3) is 0 Å². The van der Waals surface area contributed by atoms with Crippen LogP contribution in [0.1, 0.15) is 30.5 Å². The smallest absolute Gasteiger partial charge is 0.310 e. The first-order chi connectivity index (χ1) is 10.1. The zero-order chi connectivity index (χ0) is 16.5. The summed E-state index contributed by atoms with van der Waals surface area (Å²) in [6.45, 7) is 1.93. The Bertz CT molecular complexity index is 471. The van der Waals surface area contributed by atoms with Gasteiger partial charge in [0, 0.05) is 23.8 Å². The van der Waals surface area contributed by atoms with Crippen molar-refractivity contribution in [3.05, 3.63) is 17.5 Å². The maximum atomic E-state index is 12.8. The third-order valence-electron chi connectivity index (χ3n) is 4.15. The molecule has 0 unspecified atom stereocenters. The van der Waals surface area contributed by atoms with E-state index in [1.165, 1.54) is 6.20 Å². The largest absolute Gasteiger partial charge is 0.391 e. The number of nitrogens with zero attached hydrogens (tertiary/aromatic N) is 1. The van der Waals surface area contributed by atoms with Gasteiger partial charge in [0.05, 0.1) is 18.0 Å². The Morgan fingerprint density at radius 2 is 1.64 bits per heavy atom. The summed E-state index contributed by atoms with van der Waals surface area (Å²) in [5, 5.41) is 9.25. The first-order valence-corrected chi connectivity index (χ1v) is 6.93. The summed E-state index contributed by atoms with van der Waals surface area (Å²) in [6, 6.07) is -0.818. The summed E-state index contributed by atoms with van der Waals surface area (Å²) < 4.78 is 77.1. The number of hydrogen-bond acceptors (Lipinski definition) is 2. The fourth-order valence-electron chi connectivity index (χ4n) is 2.83. The minimum Gasteiger partial charge on any atom is -0.310 e. The number of aryl methyl sites for hydroxylation is 1. The molecule has 1 aromatic rings. The molecule has 2 N–H and O–H groups in total. The van der Waals surface area contributed by atoms with Crippen LogP contribution in [0.2, 0.25) is 0 Å². The molecule has 0 aliphatic heterocycles. The van der Waals surface area contributed by atoms with Gasteiger partial charge in [-0.25, -0.2) is 0 Å². The van der Waals surface area contributed by atoms with E-state index in [4.69, 9.17) is 0 Å². The fourth-order valence-corrected chi connectivity index (χ4v) is 2.83. The van der Waals surface area contributed by atoms with E-state index in [9.17, 15) is 26.3 Å². The highest BCUT2D eigenvalue weighted by atomic mass is 19.4. The molecule has 1 saturated carbocycles. The first-order valence-electron chi connectivity index (χ1n) is 6.93. The Morgan fingerprint density at radius 3 is 2.05 bits per heavy atom. The molecule has 0 aromatic carbocycles. The van der Waals surface area contributed by atoms with E-state index in [1.807, 2.05) is 0 Å². The predicted molar refractivity (Wildman–Crippen MR) is 66.9 cm³/mol. The van der Waals surface area contributed by atoms with Crippen LogP contribution in [0.25, 0.3) is 0 Å². The highest BCUT2D eigenvalue weighted by Crippen LogP contribution is 2.45. The van der Waals surface area contributed by atoms with Crippen LogP contribution in [0.3, 0.4) is 0 Å². The normalized spacial score (nSPS) is 27.1. The molecule has 22 heavy (non-hydrogen) atoms. The molecule has 2 atom stereocenters. The third-order valence-corrected chi connectivity index (χ3v) is 4.15. The topological polar surface area (TPSA) is 40.7 Å². The van der Waals surface area contributed by atoms with Crippen molar-refractivity contribution in [3.63, 3.8) is 0 Å². The second kappa shape index (κ2) is 6.10. The molecule has 1 fully saturated rings. The van der Waals surface area contributed by atoms with E-state index in [2.05, 4.69) is 15.5 Å². The summed E-state index contributed by atoms with van der Waals surface area (Å²) in [5.41, 5.74) is 1.47. The molecule has 0 radical (unpaired) electrons. The lowest BCUT2D eigenvalue weighted by atomic mass is 9.77. The minimum absolute atomic E-state index is 0.197. The average Bonchev–Trinajstić information content (AvgIpc) is 2.79. The zero-order valence-electron chi connectivity index (χ0n) is 11.9. The Hall–Kier alpha value is -1.25. The Balaban J connectivity index is 2.04. The maximum Gasteiger partial charge on any atom is 0.391 e. The first kappa shape index (κ1) is 17.1. The van der Waals surface area contributed by atoms with Gasteiger partial charge in [0.15, 0.2) is 0 Å². The van der Waals surface area contributed by atoms with Crippen molar-refractivity contribution in [3.8, 4) is 0 Å². The maximum absolute atomic E-state index is 12.8. The SMILES string of the molecule is Cc1[nH]ncc1CNC1C[C@H](C(F)(F)F)C[C@@H](C(F)(F)F)C1. The lowest BCUT2D eigenvalue weighted by molar-refractivity contribution is -0.225. The molecule has 3 nitrogen and oxygen atoms in total. The van der Waals surface area contributed by atoms with Crippen LogP contribution in [-0.4, -0.2) is 28.6 Å². The van der Waals surface area contributed by atoms with Crippen molar-refractivity contribution in [2.75, 3.05) is 0 Å². The van der Waals surface area contributed by atoms with E-state index in [-0.39, 0.29) is 19.4 Å². The highest BCUT2D eigenvalue weighted by Gasteiger charge is 2.51. The molecule has 0 bridgehead atoms. The summed E-state index contributed by atoms with van der Waals surface area (Å²) in [5.74, 6) is -3.84. The number of aromatic nitrogens is 2. The summed E-state index contributed by atoms with van der Waals surface area (Å²) in [6.07, 6.45) is -9.23. The highest BCUT2D eigenvalue weighted by molar-refractivity contribution is 5.14. The summed E-state index contributed by atoms with van der Waals surface area (Å²) in [7, 11) is 0. The van der Waals surface area contributed by atoms with Crippen LogP contribution in [0.4, 0.5) is 26.3 Å². The molecule has 0 saturated heterocycles. The Labute approximate surface area is 123 Å². The van der Waals surface area contributed by atoms with Gasteiger partial charge in [-0.05, 0) is 26.2 Å². The Morgan fingerprint density at radius 1 is 1.09 bits per heavy atom. The van der Waals surface area contributed by atoms with Crippen LogP contribution in [0, 0.1) is 18.8 Å². The van der Waals surface area contributed by atoms with E-state index < -0.39 is 36.7 Å². The van der Waals surface area contributed by atoms with Crippen LogP contribution in [0.15, 0.2) is 6.20 Å². The van der Waals surface area contributed by atoms with Gasteiger partial charge in [-0.3, -0.25) is 5.10 Å². The van der Waals surface area contributed by atoms with E-state index in [0.29, 0.717) is 0 Å². The lowest BCUT2D eigenvalue weighted by Crippen LogP contribution is -2.45. The number of nitrogens with one attached hydrogen (secondary N) is 2. The molecule has 2 rings (SSSR count). The number of hydrogen-bond donors (Lipinski definition) is 2. The second-order valence-electron chi connectivity index (χ2n) is 5.78. The standard InChI is InChI=1S/C13H17F6N3/c1-7-8(6-21-22-7)5-20-11-3-9(12(14,15)16)2-10(4-11)13(17,18)19/h6,9-11,20H,2-5H2,1H3,(H,21,22)/t9-,10-/m1/s1. The molecule has 9 heteroatoms. The lowest BCUT2D eigenvalue weighted by Gasteiger charge is -2.37. The molecule has 1 aliphatic carbocycles. The summed E-state index contributed by atoms with van der Waals surface area (Å²) in [4.78, 5) is 0. The molecule has 1 aliphatic rings. The van der Waals surface area contributed by atoms with Gasteiger partial charge in [-0.15, -0.1) is 0 Å². The predicted octanol–water partition coefficient (Wildman–Crippen LogP) is 3.72. The van der Waals surface area contributed by atoms with Crippen molar-refractivity contribution < 1.29 is 26.3 Å². The number of rotatable bonds is 3. The van der Waals surface area contributed by atoms with Gasteiger partial charge in [0.2, 0.25) is 0 Å². The van der Waals surface area contributed by atoms with Gasteiger partial charge in [-0.2, -0.15) is 31.4 Å². The van der Waals surface area contributed by atoms with Crippen molar-refractivity contribution in [2.45, 2.75) is 51.1 Å². The molecular formula is C13H17F6N3. The van der Waals surface area contributed by atoms with Gasteiger partial charge in [0.1, 0.15) is 0 Å². The Kier molecular flexibility index (Phi) is 4.74. The quantitative estimate of drug-likeness (QED) is 0.830. The molecule has 1 aromatic heterocycles. The molecular weight excluding hydrogens is 312 g/mol. The molecule has 1 heterocycles. The van der Waals surface area contributed by atoms with Gasteiger partial charge < -0.3 is 5.32 Å². The van der Waals surface area contributed by atoms with Crippen molar-refractivity contribution >= 4 is 0 Å². The van der Waals surface area contributed by atoms with Gasteiger partial charge in [-0.1, -0.05) is 0 Å². The number of halogens is 6. The van der Waals surface area contributed by atoms with E-state index in [0.717, 1.165) is 11.3 Å². The zero-order valence-corrected chi connectivity index (χ0v) is 11.9. The van der Waals surface area contributed by atoms with Gasteiger partial charge >= 0.3 is 12.4 Å². The third kappa shape index (κ3) is 4.15. The number of aromatic amines is 1. The molecule has 126 valence electrons. The fraction of sp³-hybridized carbons (Fsp3) is 0.769. The van der Waals surface area contributed by atoms with Crippen LogP contribution in [0.5, 0.6) is 0 Å². The van der Waals surface area contributed by atoms with E-state index >= 15 is 0 Å². The van der Waals surface area contributed by atoms with Crippen LogP contribution < -0.4 is 5.32 Å². The van der Waals surface area contributed by atoms with Crippen LogP contribution >= 0.6 is 0 Å². The number of alkyl halides is 6. The minimum atomic E-state index is -4.60. The van der Waals surface area contributed by atoms with Crippen molar-refractivity contribution in [1.29, 1.82) is 0 Å². The average molecular weight is 329 g/mol. The second-order valence-corrected chi connectivity index (χ2v) is 5.78. The van der Waals surface area contributed by atoms with E-state index in [1.54, 1.807) is 6.92 Å².